The van der Waals surface area contributed by atoms with E-state index in [0.29, 0.717) is 12.2 Å². The molecule has 1 aliphatic rings. The van der Waals surface area contributed by atoms with Gasteiger partial charge in [0.2, 0.25) is 0 Å². The second kappa shape index (κ2) is 8.57. The summed E-state index contributed by atoms with van der Waals surface area (Å²) in [5.41, 5.74) is 1.86. The molecule has 1 fully saturated rings. The lowest BCUT2D eigenvalue weighted by atomic mass is 10.0. The van der Waals surface area contributed by atoms with Gasteiger partial charge < -0.3 is 10.6 Å². The average Bonchev–Trinajstić information content (AvgIpc) is 3.05. The summed E-state index contributed by atoms with van der Waals surface area (Å²) in [6.45, 7) is 2.66. The van der Waals surface area contributed by atoms with Crippen LogP contribution in [-0.2, 0) is 16.0 Å². The van der Waals surface area contributed by atoms with Crippen molar-refractivity contribution >= 4 is 17.5 Å². The molecule has 0 aliphatic heterocycles. The summed E-state index contributed by atoms with van der Waals surface area (Å²) in [4.78, 5) is 23.5. The Morgan fingerprint density at radius 1 is 1.09 bits per heavy atom. The van der Waals surface area contributed by atoms with Crippen LogP contribution in [0.1, 0.15) is 51.0 Å². The minimum absolute atomic E-state index is 0.550. The van der Waals surface area contributed by atoms with Crippen LogP contribution in [-0.4, -0.2) is 18.4 Å². The number of benzene rings is 1. The zero-order valence-corrected chi connectivity index (χ0v) is 13.4. The first-order valence-corrected chi connectivity index (χ1v) is 8.37. The van der Waals surface area contributed by atoms with Gasteiger partial charge in [0.1, 0.15) is 0 Å². The van der Waals surface area contributed by atoms with Crippen molar-refractivity contribution in [1.82, 2.24) is 5.32 Å². The SMILES string of the molecule is CCc1ccc(NC(=O)C(=O)NCCCC2CCCC2)cc1. The first-order valence-electron chi connectivity index (χ1n) is 8.37. The van der Waals surface area contributed by atoms with Crippen molar-refractivity contribution in [3.8, 4) is 0 Å². The molecule has 0 heterocycles. The Hall–Kier alpha value is -1.84. The van der Waals surface area contributed by atoms with Gasteiger partial charge in [0, 0.05) is 12.2 Å². The molecule has 1 aromatic rings. The van der Waals surface area contributed by atoms with E-state index >= 15 is 0 Å². The highest BCUT2D eigenvalue weighted by molar-refractivity contribution is 6.39. The maximum absolute atomic E-state index is 11.8. The van der Waals surface area contributed by atoms with E-state index in [0.717, 1.165) is 25.2 Å². The molecule has 1 aromatic carbocycles. The molecule has 2 N–H and O–H groups in total. The summed E-state index contributed by atoms with van der Waals surface area (Å²) in [7, 11) is 0. The Balaban J connectivity index is 1.66. The van der Waals surface area contributed by atoms with Gasteiger partial charge in [0.15, 0.2) is 0 Å². The van der Waals surface area contributed by atoms with Crippen molar-refractivity contribution in [3.05, 3.63) is 29.8 Å². The van der Waals surface area contributed by atoms with Crippen LogP contribution < -0.4 is 10.6 Å². The smallest absolute Gasteiger partial charge is 0.313 e. The van der Waals surface area contributed by atoms with E-state index in [1.165, 1.54) is 31.2 Å². The molecule has 0 unspecified atom stereocenters. The third kappa shape index (κ3) is 5.17. The Morgan fingerprint density at radius 2 is 1.77 bits per heavy atom. The standard InChI is InChI=1S/C18H26N2O2/c1-2-14-9-11-16(12-10-14)20-18(22)17(21)19-13-5-8-15-6-3-4-7-15/h9-12,15H,2-8,13H2,1H3,(H,19,21)(H,20,22). The first kappa shape index (κ1) is 16.5. The molecule has 0 aromatic heterocycles. The van der Waals surface area contributed by atoms with E-state index in [-0.39, 0.29) is 0 Å². The third-order valence-electron chi connectivity index (χ3n) is 4.38. The number of hydrogen-bond donors (Lipinski definition) is 2. The summed E-state index contributed by atoms with van der Waals surface area (Å²) in [6, 6.07) is 7.55. The molecule has 0 saturated heterocycles. The molecule has 22 heavy (non-hydrogen) atoms. The summed E-state index contributed by atoms with van der Waals surface area (Å²) in [5.74, 6) is -0.320. The molecule has 1 saturated carbocycles. The fourth-order valence-corrected chi connectivity index (χ4v) is 2.98. The second-order valence-electron chi connectivity index (χ2n) is 6.05. The van der Waals surface area contributed by atoms with Crippen molar-refractivity contribution in [2.75, 3.05) is 11.9 Å². The summed E-state index contributed by atoms with van der Waals surface area (Å²) in [6.07, 6.45) is 8.39. The van der Waals surface area contributed by atoms with Crippen LogP contribution in [0.5, 0.6) is 0 Å². The molecule has 0 radical (unpaired) electrons. The third-order valence-corrected chi connectivity index (χ3v) is 4.38. The highest BCUT2D eigenvalue weighted by Gasteiger charge is 2.16. The van der Waals surface area contributed by atoms with Gasteiger partial charge in [-0.1, -0.05) is 44.7 Å². The molecular weight excluding hydrogens is 276 g/mol. The summed E-state index contributed by atoms with van der Waals surface area (Å²) < 4.78 is 0. The van der Waals surface area contributed by atoms with E-state index in [9.17, 15) is 9.59 Å². The number of anilines is 1. The van der Waals surface area contributed by atoms with Gasteiger partial charge in [-0.05, 0) is 42.9 Å². The van der Waals surface area contributed by atoms with E-state index < -0.39 is 11.8 Å². The number of nitrogens with one attached hydrogen (secondary N) is 2. The zero-order valence-electron chi connectivity index (χ0n) is 13.4. The van der Waals surface area contributed by atoms with Gasteiger partial charge in [0.25, 0.3) is 0 Å². The van der Waals surface area contributed by atoms with Gasteiger partial charge in [-0.3, -0.25) is 9.59 Å². The predicted octanol–water partition coefficient (Wildman–Crippen LogP) is 3.27. The fourth-order valence-electron chi connectivity index (χ4n) is 2.98. The Kier molecular flexibility index (Phi) is 6.44. The maximum Gasteiger partial charge on any atom is 0.313 e. The molecule has 4 heteroatoms. The van der Waals surface area contributed by atoms with Crippen molar-refractivity contribution in [3.63, 3.8) is 0 Å². The number of hydrogen-bond acceptors (Lipinski definition) is 2. The quantitative estimate of drug-likeness (QED) is 0.626. The Labute approximate surface area is 132 Å². The van der Waals surface area contributed by atoms with Gasteiger partial charge in [-0.15, -0.1) is 0 Å². The van der Waals surface area contributed by atoms with Crippen molar-refractivity contribution in [2.45, 2.75) is 51.9 Å². The lowest BCUT2D eigenvalue weighted by Gasteiger charge is -2.09. The van der Waals surface area contributed by atoms with Gasteiger partial charge in [-0.2, -0.15) is 0 Å². The number of carbonyl (C=O) groups excluding carboxylic acids is 2. The highest BCUT2D eigenvalue weighted by Crippen LogP contribution is 2.28. The van der Waals surface area contributed by atoms with Gasteiger partial charge >= 0.3 is 11.8 Å². The Morgan fingerprint density at radius 3 is 2.41 bits per heavy atom. The number of aryl methyl sites for hydroxylation is 1. The summed E-state index contributed by atoms with van der Waals surface area (Å²) in [5, 5.41) is 5.32. The van der Waals surface area contributed by atoms with Crippen LogP contribution in [0.15, 0.2) is 24.3 Å². The zero-order chi connectivity index (χ0) is 15.8. The normalized spacial score (nSPS) is 14.8. The number of amides is 2. The molecule has 2 amide bonds. The van der Waals surface area contributed by atoms with Gasteiger partial charge in [0.05, 0.1) is 0 Å². The molecule has 2 rings (SSSR count). The summed E-state index contributed by atoms with van der Waals surface area (Å²) >= 11 is 0. The minimum atomic E-state index is -0.592. The molecule has 120 valence electrons. The van der Waals surface area contributed by atoms with Crippen LogP contribution in [0.2, 0.25) is 0 Å². The lowest BCUT2D eigenvalue weighted by Crippen LogP contribution is -2.36. The molecule has 1 aliphatic carbocycles. The molecule has 0 spiro atoms. The monoisotopic (exact) mass is 302 g/mol. The van der Waals surface area contributed by atoms with Crippen molar-refractivity contribution in [2.24, 2.45) is 5.92 Å². The highest BCUT2D eigenvalue weighted by atomic mass is 16.2. The maximum atomic E-state index is 11.8. The minimum Gasteiger partial charge on any atom is -0.348 e. The van der Waals surface area contributed by atoms with Crippen LogP contribution in [0.3, 0.4) is 0 Å². The van der Waals surface area contributed by atoms with E-state index in [1.54, 1.807) is 0 Å². The van der Waals surface area contributed by atoms with E-state index in [1.807, 2.05) is 24.3 Å². The molecule has 0 atom stereocenters. The largest absolute Gasteiger partial charge is 0.348 e. The van der Waals surface area contributed by atoms with E-state index in [2.05, 4.69) is 17.6 Å². The predicted molar refractivity (Wildman–Crippen MR) is 88.7 cm³/mol. The Bertz CT molecular complexity index is 490. The number of rotatable bonds is 6. The molecule has 4 nitrogen and oxygen atoms in total. The topological polar surface area (TPSA) is 58.2 Å². The second-order valence-corrected chi connectivity index (χ2v) is 6.05. The van der Waals surface area contributed by atoms with Crippen LogP contribution >= 0.6 is 0 Å². The van der Waals surface area contributed by atoms with Crippen molar-refractivity contribution < 1.29 is 9.59 Å². The van der Waals surface area contributed by atoms with Crippen LogP contribution in [0.4, 0.5) is 5.69 Å². The molecular formula is C18H26N2O2. The average molecular weight is 302 g/mol. The molecule has 0 bridgehead atoms. The van der Waals surface area contributed by atoms with Crippen molar-refractivity contribution in [1.29, 1.82) is 0 Å². The van der Waals surface area contributed by atoms with Crippen LogP contribution in [0.25, 0.3) is 0 Å². The number of carbonyl (C=O) groups is 2. The van der Waals surface area contributed by atoms with Crippen LogP contribution in [0, 0.1) is 5.92 Å². The van der Waals surface area contributed by atoms with E-state index in [4.69, 9.17) is 0 Å². The fraction of sp³-hybridized carbons (Fsp3) is 0.556. The first-order chi connectivity index (χ1) is 10.7. The lowest BCUT2D eigenvalue weighted by molar-refractivity contribution is -0.136. The van der Waals surface area contributed by atoms with Gasteiger partial charge in [-0.25, -0.2) is 0 Å².